The van der Waals surface area contributed by atoms with Crippen molar-refractivity contribution >= 4 is 15.9 Å². The van der Waals surface area contributed by atoms with E-state index in [4.69, 9.17) is 4.74 Å². The molecule has 0 aliphatic heterocycles. The van der Waals surface area contributed by atoms with Crippen LogP contribution in [0, 0.1) is 5.92 Å². The lowest BCUT2D eigenvalue weighted by molar-refractivity contribution is -0.121. The molecular weight excluding hydrogens is 316 g/mol. The number of ether oxygens (including phenoxy) is 1. The molecule has 0 bridgehead atoms. The van der Waals surface area contributed by atoms with Gasteiger partial charge < -0.3 is 10.1 Å². The Labute approximate surface area is 137 Å². The Morgan fingerprint density at radius 3 is 2.52 bits per heavy atom. The van der Waals surface area contributed by atoms with E-state index in [1.54, 1.807) is 12.1 Å². The normalized spacial score (nSPS) is 15.9. The van der Waals surface area contributed by atoms with Gasteiger partial charge in [0.05, 0.1) is 11.5 Å². The summed E-state index contributed by atoms with van der Waals surface area (Å²) in [7, 11) is -3.61. The second-order valence-corrected chi connectivity index (χ2v) is 7.51. The Morgan fingerprint density at radius 2 is 1.96 bits per heavy atom. The first-order valence-electron chi connectivity index (χ1n) is 7.94. The Morgan fingerprint density at radius 1 is 1.30 bits per heavy atom. The van der Waals surface area contributed by atoms with Crippen molar-refractivity contribution in [2.45, 2.75) is 44.0 Å². The topological polar surface area (TPSA) is 84.5 Å². The molecule has 0 spiro atoms. The lowest BCUT2D eigenvalue weighted by Gasteiger charge is -2.13. The van der Waals surface area contributed by atoms with E-state index in [1.807, 2.05) is 13.8 Å². The number of hydrogen-bond donors (Lipinski definition) is 2. The zero-order valence-corrected chi connectivity index (χ0v) is 14.4. The van der Waals surface area contributed by atoms with Crippen LogP contribution in [-0.2, 0) is 14.8 Å². The van der Waals surface area contributed by atoms with E-state index in [0.29, 0.717) is 18.3 Å². The van der Waals surface area contributed by atoms with Gasteiger partial charge in [0.2, 0.25) is 15.9 Å². The van der Waals surface area contributed by atoms with E-state index >= 15 is 0 Å². The van der Waals surface area contributed by atoms with Crippen molar-refractivity contribution in [2.75, 3.05) is 13.2 Å². The lowest BCUT2D eigenvalue weighted by atomic mass is 10.2. The summed E-state index contributed by atoms with van der Waals surface area (Å²) in [6, 6.07) is 6.38. The van der Waals surface area contributed by atoms with Gasteiger partial charge in [0, 0.05) is 19.0 Å². The highest BCUT2D eigenvalue weighted by molar-refractivity contribution is 7.89. The zero-order valence-electron chi connectivity index (χ0n) is 13.5. The number of rotatable bonds is 9. The third-order valence-electron chi connectivity index (χ3n) is 3.81. The van der Waals surface area contributed by atoms with Crippen molar-refractivity contribution < 1.29 is 17.9 Å². The van der Waals surface area contributed by atoms with Gasteiger partial charge in [-0.2, -0.15) is 0 Å². The van der Waals surface area contributed by atoms with Crippen LogP contribution >= 0.6 is 0 Å². The maximum absolute atomic E-state index is 12.1. The van der Waals surface area contributed by atoms with E-state index in [9.17, 15) is 13.2 Å². The SMILES string of the molecule is CCOc1ccc(S(=O)(=O)NCCC(=O)NC(C)C2CC2)cc1. The van der Waals surface area contributed by atoms with Crippen LogP contribution in [0.25, 0.3) is 0 Å². The van der Waals surface area contributed by atoms with Crippen molar-refractivity contribution in [1.29, 1.82) is 0 Å². The van der Waals surface area contributed by atoms with E-state index in [1.165, 1.54) is 12.1 Å². The predicted molar refractivity (Wildman–Crippen MR) is 87.7 cm³/mol. The molecule has 0 aromatic heterocycles. The highest BCUT2D eigenvalue weighted by atomic mass is 32.2. The van der Waals surface area contributed by atoms with Crippen LogP contribution in [0.4, 0.5) is 0 Å². The highest BCUT2D eigenvalue weighted by Gasteiger charge is 2.28. The molecule has 1 amide bonds. The molecule has 1 aromatic rings. The molecule has 0 saturated heterocycles. The van der Waals surface area contributed by atoms with E-state index in [-0.39, 0.29) is 29.8 Å². The quantitative estimate of drug-likeness (QED) is 0.716. The van der Waals surface area contributed by atoms with Gasteiger partial charge in [-0.25, -0.2) is 13.1 Å². The van der Waals surface area contributed by atoms with Gasteiger partial charge in [-0.15, -0.1) is 0 Å². The molecule has 1 aliphatic carbocycles. The zero-order chi connectivity index (χ0) is 16.9. The van der Waals surface area contributed by atoms with Crippen molar-refractivity contribution in [2.24, 2.45) is 5.92 Å². The molecule has 1 unspecified atom stereocenters. The predicted octanol–water partition coefficient (Wildman–Crippen LogP) is 1.67. The first kappa shape index (κ1) is 17.7. The summed E-state index contributed by atoms with van der Waals surface area (Å²) in [4.78, 5) is 11.9. The van der Waals surface area contributed by atoms with Crippen LogP contribution < -0.4 is 14.8 Å². The van der Waals surface area contributed by atoms with Gasteiger partial charge in [0.1, 0.15) is 5.75 Å². The lowest BCUT2D eigenvalue weighted by Crippen LogP contribution is -2.36. The second-order valence-electron chi connectivity index (χ2n) is 5.75. The van der Waals surface area contributed by atoms with Crippen molar-refractivity contribution in [3.8, 4) is 5.75 Å². The summed E-state index contributed by atoms with van der Waals surface area (Å²) in [5.41, 5.74) is 0. The second kappa shape index (κ2) is 7.79. The van der Waals surface area contributed by atoms with Gasteiger partial charge in [0.15, 0.2) is 0 Å². The molecule has 1 aromatic carbocycles. The van der Waals surface area contributed by atoms with Crippen LogP contribution in [0.1, 0.15) is 33.1 Å². The highest BCUT2D eigenvalue weighted by Crippen LogP contribution is 2.32. The molecule has 1 atom stereocenters. The largest absolute Gasteiger partial charge is 0.494 e. The molecule has 7 heteroatoms. The fraction of sp³-hybridized carbons (Fsp3) is 0.562. The molecule has 2 N–H and O–H groups in total. The summed E-state index contributed by atoms with van der Waals surface area (Å²) < 4.78 is 32.0. The standard InChI is InChI=1S/C16H24N2O4S/c1-3-22-14-6-8-15(9-7-14)23(20,21)17-11-10-16(19)18-12(2)13-4-5-13/h6-9,12-13,17H,3-5,10-11H2,1-2H3,(H,18,19). The van der Waals surface area contributed by atoms with Crippen LogP contribution in [0.3, 0.4) is 0 Å². The Balaban J connectivity index is 1.79. The molecule has 23 heavy (non-hydrogen) atoms. The molecule has 1 fully saturated rings. The Kier molecular flexibility index (Phi) is 6.01. The maximum Gasteiger partial charge on any atom is 0.240 e. The number of nitrogens with one attached hydrogen (secondary N) is 2. The summed E-state index contributed by atoms with van der Waals surface area (Å²) in [6.45, 7) is 4.46. The minimum atomic E-state index is -3.61. The average Bonchev–Trinajstić information content (AvgIpc) is 3.32. The summed E-state index contributed by atoms with van der Waals surface area (Å²) in [5, 5.41) is 2.90. The molecule has 0 heterocycles. The Bertz CT molecular complexity index is 624. The summed E-state index contributed by atoms with van der Waals surface area (Å²) >= 11 is 0. The van der Waals surface area contributed by atoms with E-state index in [0.717, 1.165) is 12.8 Å². The Hall–Kier alpha value is -1.60. The monoisotopic (exact) mass is 340 g/mol. The number of sulfonamides is 1. The maximum atomic E-state index is 12.1. The number of carbonyl (C=O) groups excluding carboxylic acids is 1. The van der Waals surface area contributed by atoms with Crippen molar-refractivity contribution in [1.82, 2.24) is 10.0 Å². The minimum absolute atomic E-state index is 0.0821. The van der Waals surface area contributed by atoms with Gasteiger partial charge in [0.25, 0.3) is 0 Å². The smallest absolute Gasteiger partial charge is 0.240 e. The number of carbonyl (C=O) groups is 1. The van der Waals surface area contributed by atoms with Gasteiger partial charge in [-0.1, -0.05) is 0 Å². The van der Waals surface area contributed by atoms with E-state index < -0.39 is 10.0 Å². The number of amides is 1. The molecular formula is C16H24N2O4S. The first-order valence-corrected chi connectivity index (χ1v) is 9.42. The van der Waals surface area contributed by atoms with Crippen molar-refractivity contribution in [3.63, 3.8) is 0 Å². The molecule has 1 aliphatic rings. The van der Waals surface area contributed by atoms with Gasteiger partial charge >= 0.3 is 0 Å². The molecule has 0 radical (unpaired) electrons. The van der Waals surface area contributed by atoms with Crippen LogP contribution in [0.15, 0.2) is 29.2 Å². The van der Waals surface area contributed by atoms with Crippen molar-refractivity contribution in [3.05, 3.63) is 24.3 Å². The third-order valence-corrected chi connectivity index (χ3v) is 5.28. The fourth-order valence-corrected chi connectivity index (χ4v) is 3.34. The summed E-state index contributed by atoms with van der Waals surface area (Å²) in [6.07, 6.45) is 2.45. The first-order chi connectivity index (χ1) is 10.9. The average molecular weight is 340 g/mol. The molecule has 6 nitrogen and oxygen atoms in total. The van der Waals surface area contributed by atoms with E-state index in [2.05, 4.69) is 10.0 Å². The van der Waals surface area contributed by atoms with Crippen LogP contribution in [0.5, 0.6) is 5.75 Å². The van der Waals surface area contributed by atoms with Gasteiger partial charge in [-0.3, -0.25) is 4.79 Å². The van der Waals surface area contributed by atoms with Crippen LogP contribution in [0.2, 0.25) is 0 Å². The van der Waals surface area contributed by atoms with Crippen LogP contribution in [-0.4, -0.2) is 33.5 Å². The minimum Gasteiger partial charge on any atom is -0.494 e. The molecule has 128 valence electrons. The third kappa shape index (κ3) is 5.51. The number of benzene rings is 1. The molecule has 1 saturated carbocycles. The summed E-state index contributed by atoms with van der Waals surface area (Å²) in [5.74, 6) is 1.08. The van der Waals surface area contributed by atoms with Gasteiger partial charge in [-0.05, 0) is 56.9 Å². The fourth-order valence-electron chi connectivity index (χ4n) is 2.30. The molecule has 2 rings (SSSR count). The number of hydrogen-bond acceptors (Lipinski definition) is 4.